The van der Waals surface area contributed by atoms with Gasteiger partial charge in [-0.15, -0.1) is 0 Å². The van der Waals surface area contributed by atoms with E-state index < -0.39 is 5.97 Å². The van der Waals surface area contributed by atoms with Gasteiger partial charge in [0.1, 0.15) is 5.75 Å². The number of nitrogens with zero attached hydrogens (tertiary/aromatic N) is 1. The SMILES string of the molecule is Cc1ccc(Nc2c(C(=O)O)n(CCCOc3cccc4ccccc34)c3cccc(-c4ccccc4C)c23)cc1. The molecule has 0 aliphatic rings. The summed E-state index contributed by atoms with van der Waals surface area (Å²) in [5.74, 6) is -0.135. The lowest BCUT2D eigenvalue weighted by molar-refractivity contribution is 0.0686. The van der Waals surface area contributed by atoms with Crippen molar-refractivity contribution in [1.29, 1.82) is 0 Å². The second-order valence-corrected chi connectivity index (χ2v) is 10.4. The molecule has 6 aromatic rings. The number of fused-ring (bicyclic) bond motifs is 2. The molecule has 5 heteroatoms. The third kappa shape index (κ3) is 5.14. The summed E-state index contributed by atoms with van der Waals surface area (Å²) in [7, 11) is 0. The van der Waals surface area contributed by atoms with Crippen molar-refractivity contribution in [1.82, 2.24) is 4.57 Å². The molecule has 0 atom stereocenters. The molecule has 0 aliphatic carbocycles. The fourth-order valence-electron chi connectivity index (χ4n) is 5.59. The topological polar surface area (TPSA) is 63.5 Å². The number of aryl methyl sites for hydroxylation is 3. The number of carboxylic acids is 1. The Bertz CT molecular complexity index is 1860. The van der Waals surface area contributed by atoms with Crippen LogP contribution in [0.5, 0.6) is 5.75 Å². The molecule has 5 aromatic carbocycles. The van der Waals surface area contributed by atoms with E-state index in [1.54, 1.807) is 0 Å². The van der Waals surface area contributed by atoms with Crippen molar-refractivity contribution < 1.29 is 14.6 Å². The summed E-state index contributed by atoms with van der Waals surface area (Å²) >= 11 is 0. The van der Waals surface area contributed by atoms with Crippen molar-refractivity contribution in [3.63, 3.8) is 0 Å². The number of hydrogen-bond donors (Lipinski definition) is 2. The van der Waals surface area contributed by atoms with Gasteiger partial charge in [-0.05, 0) is 66.6 Å². The normalized spacial score (nSPS) is 11.2. The van der Waals surface area contributed by atoms with Crippen molar-refractivity contribution in [3.8, 4) is 16.9 Å². The van der Waals surface area contributed by atoms with E-state index in [9.17, 15) is 9.90 Å². The number of aromatic carboxylic acids is 1. The minimum absolute atomic E-state index is 0.242. The Labute approximate surface area is 239 Å². The van der Waals surface area contributed by atoms with Gasteiger partial charge in [0.2, 0.25) is 0 Å². The molecule has 0 aliphatic heterocycles. The predicted octanol–water partition coefficient (Wildman–Crippen LogP) is 8.99. The number of nitrogens with one attached hydrogen (secondary N) is 1. The average Bonchev–Trinajstić information content (AvgIpc) is 3.30. The molecule has 0 bridgehead atoms. The fraction of sp³-hybridized carbons (Fsp3) is 0.139. The molecule has 1 aromatic heterocycles. The Morgan fingerprint density at radius 1 is 0.805 bits per heavy atom. The second-order valence-electron chi connectivity index (χ2n) is 10.4. The van der Waals surface area contributed by atoms with Gasteiger partial charge in [-0.3, -0.25) is 0 Å². The Morgan fingerprint density at radius 2 is 1.51 bits per heavy atom. The van der Waals surface area contributed by atoms with Crippen molar-refractivity contribution in [2.75, 3.05) is 11.9 Å². The molecule has 0 spiro atoms. The molecule has 6 rings (SSSR count). The smallest absolute Gasteiger partial charge is 0.354 e. The predicted molar refractivity (Wildman–Crippen MR) is 168 cm³/mol. The highest BCUT2D eigenvalue weighted by Crippen LogP contribution is 2.41. The minimum atomic E-state index is -0.971. The molecule has 41 heavy (non-hydrogen) atoms. The number of aromatic nitrogens is 1. The number of anilines is 2. The molecule has 0 unspecified atom stereocenters. The first kappa shape index (κ1) is 26.2. The molecule has 0 radical (unpaired) electrons. The summed E-state index contributed by atoms with van der Waals surface area (Å²) in [5.41, 5.74) is 6.93. The quantitative estimate of drug-likeness (QED) is 0.180. The zero-order valence-electron chi connectivity index (χ0n) is 23.2. The number of ether oxygens (including phenoxy) is 1. The molecular formula is C36H32N2O3. The van der Waals surface area contributed by atoms with E-state index in [-0.39, 0.29) is 5.69 Å². The summed E-state index contributed by atoms with van der Waals surface area (Å²) in [4.78, 5) is 12.9. The van der Waals surface area contributed by atoms with Crippen LogP contribution in [0.15, 0.2) is 109 Å². The first-order valence-electron chi connectivity index (χ1n) is 13.9. The Balaban J connectivity index is 1.41. The van der Waals surface area contributed by atoms with Gasteiger partial charge in [0.05, 0.1) is 17.8 Å². The van der Waals surface area contributed by atoms with E-state index >= 15 is 0 Å². The highest BCUT2D eigenvalue weighted by Gasteiger charge is 2.25. The van der Waals surface area contributed by atoms with Gasteiger partial charge in [-0.25, -0.2) is 4.79 Å². The summed E-state index contributed by atoms with van der Waals surface area (Å²) < 4.78 is 8.12. The number of carbonyl (C=O) groups is 1. The van der Waals surface area contributed by atoms with E-state index in [0.29, 0.717) is 25.3 Å². The van der Waals surface area contributed by atoms with E-state index in [4.69, 9.17) is 4.74 Å². The Kier molecular flexibility index (Phi) is 7.17. The monoisotopic (exact) mass is 540 g/mol. The van der Waals surface area contributed by atoms with Crippen molar-refractivity contribution in [2.24, 2.45) is 0 Å². The molecule has 0 saturated carbocycles. The summed E-state index contributed by atoms with van der Waals surface area (Å²) in [6, 6.07) is 36.5. The maximum atomic E-state index is 12.9. The third-order valence-electron chi connectivity index (χ3n) is 7.58. The van der Waals surface area contributed by atoms with Crippen LogP contribution < -0.4 is 10.1 Å². The lowest BCUT2D eigenvalue weighted by Gasteiger charge is -2.12. The highest BCUT2D eigenvalue weighted by atomic mass is 16.5. The first-order chi connectivity index (χ1) is 20.0. The number of carboxylic acid groups (broad SMARTS) is 1. The van der Waals surface area contributed by atoms with Gasteiger partial charge in [-0.2, -0.15) is 0 Å². The number of hydrogen-bond acceptors (Lipinski definition) is 3. The van der Waals surface area contributed by atoms with E-state index in [2.05, 4.69) is 48.6 Å². The molecule has 1 heterocycles. The molecule has 2 N–H and O–H groups in total. The minimum Gasteiger partial charge on any atom is -0.493 e. The van der Waals surface area contributed by atoms with Gasteiger partial charge in [-0.1, -0.05) is 90.5 Å². The molecule has 204 valence electrons. The molecule has 5 nitrogen and oxygen atoms in total. The fourth-order valence-corrected chi connectivity index (χ4v) is 5.59. The molecule has 0 fully saturated rings. The van der Waals surface area contributed by atoms with Crippen LogP contribution in [0.1, 0.15) is 28.0 Å². The van der Waals surface area contributed by atoms with Crippen LogP contribution in [0.3, 0.4) is 0 Å². The molecular weight excluding hydrogens is 508 g/mol. The lowest BCUT2D eigenvalue weighted by Crippen LogP contribution is -2.12. The van der Waals surface area contributed by atoms with Crippen molar-refractivity contribution >= 4 is 39.0 Å². The standard InChI is InChI=1S/C36H32N2O3/c1-24-18-20-27(21-19-24)37-34-33-30(28-13-5-3-10-25(28)2)15-8-16-31(33)38(35(34)36(39)40)22-9-23-41-32-17-7-12-26-11-4-6-14-29(26)32/h3-8,10-21,37H,9,22-23H2,1-2H3,(H,39,40). The average molecular weight is 541 g/mol. The highest BCUT2D eigenvalue weighted by molar-refractivity contribution is 6.13. The van der Waals surface area contributed by atoms with Crippen LogP contribution in [0, 0.1) is 13.8 Å². The Hall–Kier alpha value is -5.03. The maximum Gasteiger partial charge on any atom is 0.354 e. The zero-order chi connectivity index (χ0) is 28.3. The number of benzene rings is 5. The molecule has 0 saturated heterocycles. The zero-order valence-corrected chi connectivity index (χ0v) is 23.2. The van der Waals surface area contributed by atoms with Crippen LogP contribution in [0.2, 0.25) is 0 Å². The summed E-state index contributed by atoms with van der Waals surface area (Å²) in [6.07, 6.45) is 0.645. The van der Waals surface area contributed by atoms with Crippen molar-refractivity contribution in [3.05, 3.63) is 126 Å². The third-order valence-corrected chi connectivity index (χ3v) is 7.58. The van der Waals surface area contributed by atoms with Crippen molar-refractivity contribution in [2.45, 2.75) is 26.8 Å². The van der Waals surface area contributed by atoms with Gasteiger partial charge in [0.15, 0.2) is 5.69 Å². The summed E-state index contributed by atoms with van der Waals surface area (Å²) in [6.45, 7) is 5.08. The Morgan fingerprint density at radius 3 is 2.32 bits per heavy atom. The van der Waals surface area contributed by atoms with Crippen LogP contribution in [0.4, 0.5) is 11.4 Å². The van der Waals surface area contributed by atoms with E-state index in [0.717, 1.165) is 55.4 Å². The van der Waals surface area contributed by atoms with Gasteiger partial charge < -0.3 is 19.7 Å². The van der Waals surface area contributed by atoms with E-state index in [1.165, 1.54) is 0 Å². The first-order valence-corrected chi connectivity index (χ1v) is 13.9. The van der Waals surface area contributed by atoms with Gasteiger partial charge in [0, 0.05) is 23.0 Å². The van der Waals surface area contributed by atoms with Crippen LogP contribution in [-0.2, 0) is 6.54 Å². The van der Waals surface area contributed by atoms with Gasteiger partial charge >= 0.3 is 5.97 Å². The maximum absolute atomic E-state index is 12.9. The van der Waals surface area contributed by atoms with E-state index in [1.807, 2.05) is 84.3 Å². The molecule has 0 amide bonds. The van der Waals surface area contributed by atoms with Crippen LogP contribution in [0.25, 0.3) is 32.8 Å². The van der Waals surface area contributed by atoms with Crippen LogP contribution in [-0.4, -0.2) is 22.2 Å². The largest absolute Gasteiger partial charge is 0.493 e. The summed E-state index contributed by atoms with van der Waals surface area (Å²) in [5, 5.41) is 17.1. The number of rotatable bonds is 9. The lowest BCUT2D eigenvalue weighted by atomic mass is 9.96. The van der Waals surface area contributed by atoms with Gasteiger partial charge in [0.25, 0.3) is 0 Å². The second kappa shape index (κ2) is 11.2. The van der Waals surface area contributed by atoms with Crippen LogP contribution >= 0.6 is 0 Å².